The quantitative estimate of drug-likeness (QED) is 0.372. The number of nitrogens with zero attached hydrogens (tertiary/aromatic N) is 5. The molecule has 35 heavy (non-hydrogen) atoms. The van der Waals surface area contributed by atoms with Crippen LogP contribution >= 0.6 is 0 Å². The maximum atomic E-state index is 11.1. The molecule has 0 aliphatic rings. The Bertz CT molecular complexity index is 1480. The van der Waals surface area contributed by atoms with Crippen LogP contribution in [0.25, 0.3) is 21.5 Å². The van der Waals surface area contributed by atoms with Crippen LogP contribution in [0.1, 0.15) is 31.2 Å². The lowest BCUT2D eigenvalue weighted by Crippen LogP contribution is -2.17. The fourth-order valence-corrected chi connectivity index (χ4v) is 4.33. The molecule has 0 bridgehead atoms. The Labute approximate surface area is 202 Å². The summed E-state index contributed by atoms with van der Waals surface area (Å²) in [6.45, 7) is 3.44. The van der Waals surface area contributed by atoms with Crippen molar-refractivity contribution in [2.45, 2.75) is 39.4 Å². The first kappa shape index (κ1) is 22.5. The predicted octanol–water partition coefficient (Wildman–Crippen LogP) is 4.44. The van der Waals surface area contributed by atoms with E-state index in [0.29, 0.717) is 30.4 Å². The SMILES string of the molecule is CCCCn1c(O)c2ccc(=NCc3ccccn3)c3c(=NCc4ccccn4)ccc(c1O)c23. The Morgan fingerprint density at radius 2 is 1.26 bits per heavy atom. The molecule has 0 fully saturated rings. The van der Waals surface area contributed by atoms with Crippen molar-refractivity contribution >= 4 is 21.5 Å². The van der Waals surface area contributed by atoms with Crippen LogP contribution < -0.4 is 10.7 Å². The summed E-state index contributed by atoms with van der Waals surface area (Å²) in [7, 11) is 0. The number of rotatable bonds is 7. The van der Waals surface area contributed by atoms with Gasteiger partial charge < -0.3 is 10.2 Å². The molecule has 3 heterocycles. The van der Waals surface area contributed by atoms with Crippen molar-refractivity contribution in [2.24, 2.45) is 9.98 Å². The van der Waals surface area contributed by atoms with Crippen molar-refractivity contribution < 1.29 is 10.2 Å². The second kappa shape index (κ2) is 9.93. The van der Waals surface area contributed by atoms with E-state index in [1.165, 1.54) is 0 Å². The molecule has 2 aromatic carbocycles. The van der Waals surface area contributed by atoms with Crippen LogP contribution in [0.4, 0.5) is 0 Å². The van der Waals surface area contributed by atoms with Gasteiger partial charge in [0.1, 0.15) is 0 Å². The van der Waals surface area contributed by atoms with E-state index in [4.69, 9.17) is 9.98 Å². The fourth-order valence-electron chi connectivity index (χ4n) is 4.33. The summed E-state index contributed by atoms with van der Waals surface area (Å²) < 4.78 is 1.58. The number of hydrogen-bond acceptors (Lipinski definition) is 6. The second-order valence-corrected chi connectivity index (χ2v) is 8.44. The summed E-state index contributed by atoms with van der Waals surface area (Å²) in [6, 6.07) is 19.0. The van der Waals surface area contributed by atoms with Crippen LogP contribution in [0.2, 0.25) is 0 Å². The third kappa shape index (κ3) is 4.45. The number of unbranched alkanes of at least 4 members (excludes halogenated alkanes) is 1. The first-order valence-corrected chi connectivity index (χ1v) is 11.8. The van der Waals surface area contributed by atoms with Crippen LogP contribution in [0.15, 0.2) is 83.0 Å². The summed E-state index contributed by atoms with van der Waals surface area (Å²) in [5.41, 5.74) is 1.71. The Kier molecular flexibility index (Phi) is 6.39. The van der Waals surface area contributed by atoms with Gasteiger partial charge in [-0.1, -0.05) is 25.5 Å². The van der Waals surface area contributed by atoms with Crippen LogP contribution in [-0.2, 0) is 19.6 Å². The predicted molar refractivity (Wildman–Crippen MR) is 136 cm³/mol. The molecule has 7 heteroatoms. The normalized spacial score (nSPS) is 12.7. The minimum absolute atomic E-state index is 0.0478. The van der Waals surface area contributed by atoms with E-state index in [9.17, 15) is 10.2 Å². The lowest BCUT2D eigenvalue weighted by molar-refractivity contribution is 0.361. The van der Waals surface area contributed by atoms with Gasteiger partial charge in [-0.3, -0.25) is 24.5 Å². The monoisotopic (exact) mass is 465 g/mol. The standard InChI is InChI=1S/C28H27N5O2/c1-2-3-16-33-27(34)21-10-12-23(31-17-19-8-4-6-14-29-19)26-24(13-11-22(25(21)26)28(33)35)32-18-20-9-5-7-15-30-20/h4-15,34-35H,2-3,16-18H2,1H3. The summed E-state index contributed by atoms with van der Waals surface area (Å²) in [4.78, 5) is 18.4. The van der Waals surface area contributed by atoms with Gasteiger partial charge in [0.15, 0.2) is 0 Å². The molecule has 0 radical (unpaired) electrons. The Hall–Kier alpha value is -4.26. The maximum Gasteiger partial charge on any atom is 0.201 e. The lowest BCUT2D eigenvalue weighted by atomic mass is 10.0. The molecule has 0 atom stereocenters. The Morgan fingerprint density at radius 3 is 1.71 bits per heavy atom. The van der Waals surface area contributed by atoms with Crippen LogP contribution in [0.5, 0.6) is 11.8 Å². The minimum Gasteiger partial charge on any atom is -0.494 e. The average molecular weight is 466 g/mol. The highest BCUT2D eigenvalue weighted by Crippen LogP contribution is 2.37. The molecule has 2 N–H and O–H groups in total. The minimum atomic E-state index is 0.0478. The first-order chi connectivity index (χ1) is 17.2. The number of benzene rings is 2. The number of hydrogen-bond donors (Lipinski definition) is 2. The average Bonchev–Trinajstić information content (AvgIpc) is 2.90. The Balaban J connectivity index is 1.77. The highest BCUT2D eigenvalue weighted by molar-refractivity contribution is 6.13. The van der Waals surface area contributed by atoms with Crippen LogP contribution in [0.3, 0.4) is 0 Å². The van der Waals surface area contributed by atoms with Gasteiger partial charge in [-0.2, -0.15) is 0 Å². The third-order valence-electron chi connectivity index (χ3n) is 6.12. The van der Waals surface area contributed by atoms with Crippen molar-refractivity contribution in [3.63, 3.8) is 0 Å². The molecular formula is C28H27N5O2. The van der Waals surface area contributed by atoms with Gasteiger partial charge >= 0.3 is 0 Å². The van der Waals surface area contributed by atoms with E-state index in [0.717, 1.165) is 45.7 Å². The zero-order valence-corrected chi connectivity index (χ0v) is 19.6. The zero-order valence-electron chi connectivity index (χ0n) is 19.6. The highest BCUT2D eigenvalue weighted by Gasteiger charge is 2.18. The summed E-state index contributed by atoms with van der Waals surface area (Å²) >= 11 is 0. The molecule has 0 aliphatic carbocycles. The van der Waals surface area contributed by atoms with E-state index >= 15 is 0 Å². The van der Waals surface area contributed by atoms with Crippen molar-refractivity contribution in [1.82, 2.24) is 14.5 Å². The van der Waals surface area contributed by atoms with E-state index in [-0.39, 0.29) is 11.8 Å². The van der Waals surface area contributed by atoms with Gasteiger partial charge in [-0.15, -0.1) is 0 Å². The number of pyridine rings is 3. The van der Waals surface area contributed by atoms with Gasteiger partial charge in [-0.25, -0.2) is 0 Å². The third-order valence-corrected chi connectivity index (χ3v) is 6.12. The van der Waals surface area contributed by atoms with E-state index in [2.05, 4.69) is 16.9 Å². The Morgan fingerprint density at radius 1 is 0.714 bits per heavy atom. The molecule has 0 unspecified atom stereocenters. The first-order valence-electron chi connectivity index (χ1n) is 11.8. The van der Waals surface area contributed by atoms with Crippen LogP contribution in [-0.4, -0.2) is 24.7 Å². The number of aromatic hydroxyl groups is 2. The lowest BCUT2D eigenvalue weighted by Gasteiger charge is -2.17. The molecule has 3 aromatic heterocycles. The number of aromatic nitrogens is 3. The molecule has 0 aliphatic heterocycles. The molecule has 0 amide bonds. The smallest absolute Gasteiger partial charge is 0.201 e. The van der Waals surface area contributed by atoms with Gasteiger partial charge in [0, 0.05) is 40.5 Å². The molecule has 0 saturated heterocycles. The summed E-state index contributed by atoms with van der Waals surface area (Å²) in [5.74, 6) is 0.0956. The van der Waals surface area contributed by atoms with E-state index < -0.39 is 0 Å². The van der Waals surface area contributed by atoms with Gasteiger partial charge in [0.05, 0.1) is 35.2 Å². The van der Waals surface area contributed by atoms with Gasteiger partial charge in [-0.05, 0) is 55.0 Å². The summed E-state index contributed by atoms with van der Waals surface area (Å²) in [6.07, 6.45) is 5.31. The zero-order chi connectivity index (χ0) is 24.2. The van der Waals surface area contributed by atoms with Crippen molar-refractivity contribution in [3.05, 3.63) is 95.2 Å². The van der Waals surface area contributed by atoms with E-state index in [1.54, 1.807) is 17.0 Å². The van der Waals surface area contributed by atoms with Crippen molar-refractivity contribution in [3.8, 4) is 11.8 Å². The largest absolute Gasteiger partial charge is 0.494 e. The van der Waals surface area contributed by atoms with Crippen molar-refractivity contribution in [2.75, 3.05) is 0 Å². The maximum absolute atomic E-state index is 11.1. The molecule has 0 spiro atoms. The fraction of sp³-hybridized carbons (Fsp3) is 0.214. The molecule has 7 nitrogen and oxygen atoms in total. The second-order valence-electron chi connectivity index (χ2n) is 8.44. The highest BCUT2D eigenvalue weighted by atomic mass is 16.3. The van der Waals surface area contributed by atoms with Crippen molar-refractivity contribution in [1.29, 1.82) is 0 Å². The van der Waals surface area contributed by atoms with Crippen LogP contribution in [0, 0.1) is 0 Å². The molecule has 5 rings (SSSR count). The van der Waals surface area contributed by atoms with E-state index in [1.807, 2.05) is 60.7 Å². The molecule has 0 saturated carbocycles. The summed E-state index contributed by atoms with van der Waals surface area (Å²) in [5, 5.41) is 26.5. The topological polar surface area (TPSA) is 95.9 Å². The molecule has 176 valence electrons. The van der Waals surface area contributed by atoms with Gasteiger partial charge in [0.2, 0.25) is 11.8 Å². The molecule has 5 aromatic rings. The van der Waals surface area contributed by atoms with Gasteiger partial charge in [0.25, 0.3) is 0 Å². The molecular weight excluding hydrogens is 438 g/mol.